The number of nitrogens with one attached hydrogen (secondary N) is 2. The van der Waals surface area contributed by atoms with E-state index in [1.165, 1.54) is 11.3 Å². The predicted molar refractivity (Wildman–Crippen MR) is 61.5 cm³/mol. The van der Waals surface area contributed by atoms with Gasteiger partial charge < -0.3 is 10.6 Å². The summed E-state index contributed by atoms with van der Waals surface area (Å²) in [7, 11) is 0. The summed E-state index contributed by atoms with van der Waals surface area (Å²) in [5, 5.41) is 6.27. The van der Waals surface area contributed by atoms with E-state index in [-0.39, 0.29) is 0 Å². The second kappa shape index (κ2) is 4.38. The number of aliphatic imine (C=N–C) groups is 1. The highest BCUT2D eigenvalue weighted by molar-refractivity contribution is 7.20. The summed E-state index contributed by atoms with van der Waals surface area (Å²) in [6, 6.07) is 1.87. The van der Waals surface area contributed by atoms with Gasteiger partial charge in [-0.05, 0) is 6.07 Å². The van der Waals surface area contributed by atoms with Crippen molar-refractivity contribution in [3.8, 4) is 0 Å². The van der Waals surface area contributed by atoms with E-state index in [1.54, 1.807) is 0 Å². The van der Waals surface area contributed by atoms with Crippen LogP contribution in [0.25, 0.3) is 0 Å². The molecule has 6 heteroatoms. The van der Waals surface area contributed by atoms with Crippen molar-refractivity contribution in [1.82, 2.24) is 10.6 Å². The highest BCUT2D eigenvalue weighted by Crippen LogP contribution is 2.30. The number of guanidine groups is 1. The van der Waals surface area contributed by atoms with Gasteiger partial charge in [-0.2, -0.15) is 0 Å². The Bertz CT molecular complexity index is 361. The van der Waals surface area contributed by atoms with Crippen molar-refractivity contribution < 1.29 is 0 Å². The predicted octanol–water partition coefficient (Wildman–Crippen LogP) is 2.10. The van der Waals surface area contributed by atoms with Gasteiger partial charge in [0.15, 0.2) is 5.96 Å². The second-order valence-electron chi connectivity index (χ2n) is 2.86. The second-order valence-corrected chi connectivity index (χ2v) is 5.15. The maximum absolute atomic E-state index is 5.96. The van der Waals surface area contributed by atoms with E-state index >= 15 is 0 Å². The van der Waals surface area contributed by atoms with Gasteiger partial charge in [0.2, 0.25) is 0 Å². The third-order valence-corrected chi connectivity index (χ3v) is 3.42. The van der Waals surface area contributed by atoms with Crippen molar-refractivity contribution >= 4 is 40.5 Å². The van der Waals surface area contributed by atoms with Crippen LogP contribution in [0.15, 0.2) is 11.1 Å². The molecule has 1 aromatic heterocycles. The molecule has 0 saturated carbocycles. The standard InChI is InChI=1S/C8H9Cl2N3S/c9-6-3-5(7(10)14-6)4-13-8-11-1-2-12-8/h3H,1-2,4H2,(H2,11,12,13). The Labute approximate surface area is 96.1 Å². The fourth-order valence-electron chi connectivity index (χ4n) is 1.19. The van der Waals surface area contributed by atoms with Crippen LogP contribution in [0.3, 0.4) is 0 Å². The average molecular weight is 250 g/mol. The lowest BCUT2D eigenvalue weighted by Gasteiger charge is -2.04. The number of hydrogen-bond donors (Lipinski definition) is 2. The quantitative estimate of drug-likeness (QED) is 0.843. The van der Waals surface area contributed by atoms with Crippen LogP contribution in [0.4, 0.5) is 0 Å². The number of hydrogen-bond acceptors (Lipinski definition) is 4. The number of nitrogens with zero attached hydrogens (tertiary/aromatic N) is 1. The zero-order valence-corrected chi connectivity index (χ0v) is 9.64. The SMILES string of the molecule is Clc1cc(CNC2=NCCN2)c(Cl)s1. The molecule has 0 aliphatic carbocycles. The molecular formula is C8H9Cl2N3S. The Balaban J connectivity index is 1.94. The minimum absolute atomic E-state index is 0.661. The molecule has 0 atom stereocenters. The molecule has 0 fully saturated rings. The summed E-state index contributed by atoms with van der Waals surface area (Å²) in [6.45, 7) is 2.40. The minimum Gasteiger partial charge on any atom is -0.355 e. The Hall–Kier alpha value is -0.450. The van der Waals surface area contributed by atoms with E-state index in [4.69, 9.17) is 23.2 Å². The van der Waals surface area contributed by atoms with E-state index in [1.807, 2.05) is 6.07 Å². The largest absolute Gasteiger partial charge is 0.355 e. The smallest absolute Gasteiger partial charge is 0.191 e. The number of halogens is 2. The number of rotatable bonds is 2. The summed E-state index contributed by atoms with van der Waals surface area (Å²) < 4.78 is 1.45. The molecule has 1 aliphatic heterocycles. The molecule has 0 aromatic carbocycles. The Morgan fingerprint density at radius 3 is 3.00 bits per heavy atom. The molecule has 0 unspecified atom stereocenters. The van der Waals surface area contributed by atoms with Crippen LogP contribution in [0.2, 0.25) is 8.67 Å². The molecule has 2 N–H and O–H groups in total. The molecule has 0 spiro atoms. The molecule has 3 nitrogen and oxygen atoms in total. The molecular weight excluding hydrogens is 241 g/mol. The van der Waals surface area contributed by atoms with E-state index in [0.717, 1.165) is 28.9 Å². The Morgan fingerprint density at radius 2 is 2.43 bits per heavy atom. The summed E-state index contributed by atoms with van der Waals surface area (Å²) in [4.78, 5) is 4.21. The fourth-order valence-corrected chi connectivity index (χ4v) is 2.68. The van der Waals surface area contributed by atoms with Gasteiger partial charge in [-0.1, -0.05) is 23.2 Å². The fraction of sp³-hybridized carbons (Fsp3) is 0.375. The lowest BCUT2D eigenvalue weighted by molar-refractivity contribution is 0.870. The van der Waals surface area contributed by atoms with E-state index in [9.17, 15) is 0 Å². The van der Waals surface area contributed by atoms with Crippen molar-refractivity contribution in [3.05, 3.63) is 20.3 Å². The first-order valence-electron chi connectivity index (χ1n) is 4.21. The lowest BCUT2D eigenvalue weighted by Crippen LogP contribution is -2.33. The van der Waals surface area contributed by atoms with Gasteiger partial charge >= 0.3 is 0 Å². The summed E-state index contributed by atoms with van der Waals surface area (Å²) in [5.74, 6) is 0.836. The zero-order chi connectivity index (χ0) is 9.97. The molecule has 0 radical (unpaired) electrons. The van der Waals surface area contributed by atoms with Gasteiger partial charge in [0, 0.05) is 18.7 Å². The molecule has 76 valence electrons. The molecule has 0 amide bonds. The maximum atomic E-state index is 5.96. The maximum Gasteiger partial charge on any atom is 0.191 e. The molecule has 14 heavy (non-hydrogen) atoms. The van der Waals surface area contributed by atoms with Crippen LogP contribution in [-0.2, 0) is 6.54 Å². The van der Waals surface area contributed by atoms with Crippen molar-refractivity contribution in [3.63, 3.8) is 0 Å². The highest BCUT2D eigenvalue weighted by Gasteiger charge is 2.08. The van der Waals surface area contributed by atoms with Gasteiger partial charge in [0.05, 0.1) is 15.2 Å². The molecule has 2 rings (SSSR count). The molecule has 1 aliphatic rings. The highest BCUT2D eigenvalue weighted by atomic mass is 35.5. The molecule has 1 aromatic rings. The molecule has 2 heterocycles. The first-order valence-corrected chi connectivity index (χ1v) is 5.79. The van der Waals surface area contributed by atoms with Crippen LogP contribution in [0.1, 0.15) is 5.56 Å². The van der Waals surface area contributed by atoms with Crippen LogP contribution < -0.4 is 10.6 Å². The Kier molecular flexibility index (Phi) is 3.15. The first-order chi connectivity index (χ1) is 6.75. The zero-order valence-electron chi connectivity index (χ0n) is 7.31. The monoisotopic (exact) mass is 249 g/mol. The van der Waals surface area contributed by atoms with Gasteiger partial charge in [0.1, 0.15) is 0 Å². The average Bonchev–Trinajstić information content (AvgIpc) is 2.72. The van der Waals surface area contributed by atoms with E-state index in [2.05, 4.69) is 15.6 Å². The van der Waals surface area contributed by atoms with Crippen molar-refractivity contribution in [2.24, 2.45) is 4.99 Å². The Morgan fingerprint density at radius 1 is 1.57 bits per heavy atom. The minimum atomic E-state index is 0.661. The summed E-state index contributed by atoms with van der Waals surface area (Å²) in [6.07, 6.45) is 0. The van der Waals surface area contributed by atoms with Crippen LogP contribution >= 0.6 is 34.5 Å². The van der Waals surface area contributed by atoms with Gasteiger partial charge in [-0.15, -0.1) is 11.3 Å². The lowest BCUT2D eigenvalue weighted by atomic mass is 10.3. The van der Waals surface area contributed by atoms with E-state index < -0.39 is 0 Å². The van der Waals surface area contributed by atoms with Gasteiger partial charge in [-0.25, -0.2) is 0 Å². The van der Waals surface area contributed by atoms with Crippen molar-refractivity contribution in [2.45, 2.75) is 6.54 Å². The van der Waals surface area contributed by atoms with Crippen molar-refractivity contribution in [1.29, 1.82) is 0 Å². The summed E-state index contributed by atoms with van der Waals surface area (Å²) >= 11 is 13.2. The van der Waals surface area contributed by atoms with Gasteiger partial charge in [0.25, 0.3) is 0 Å². The van der Waals surface area contributed by atoms with Gasteiger partial charge in [-0.3, -0.25) is 4.99 Å². The first kappa shape index (κ1) is 10.1. The van der Waals surface area contributed by atoms with Crippen molar-refractivity contribution in [2.75, 3.05) is 13.1 Å². The van der Waals surface area contributed by atoms with E-state index in [0.29, 0.717) is 10.9 Å². The topological polar surface area (TPSA) is 36.4 Å². The molecule has 0 saturated heterocycles. The van der Waals surface area contributed by atoms with Crippen LogP contribution in [0, 0.1) is 0 Å². The third-order valence-electron chi connectivity index (χ3n) is 1.85. The molecule has 0 bridgehead atoms. The number of thiophene rings is 1. The summed E-state index contributed by atoms with van der Waals surface area (Å²) in [5.41, 5.74) is 1.01. The van der Waals surface area contributed by atoms with Crippen LogP contribution in [-0.4, -0.2) is 19.0 Å². The third kappa shape index (κ3) is 2.32. The normalized spacial score (nSPS) is 15.1. The van der Waals surface area contributed by atoms with Crippen LogP contribution in [0.5, 0.6) is 0 Å².